The highest BCUT2D eigenvalue weighted by Crippen LogP contribution is 2.25. The molecule has 0 aliphatic carbocycles. The predicted molar refractivity (Wildman–Crippen MR) is 108 cm³/mol. The van der Waals surface area contributed by atoms with E-state index >= 15 is 0 Å². The van der Waals surface area contributed by atoms with Gasteiger partial charge in [0.2, 0.25) is 10.0 Å². The van der Waals surface area contributed by atoms with Crippen LogP contribution in [0.15, 0.2) is 53.4 Å². The molecule has 1 heterocycles. The first kappa shape index (κ1) is 20.8. The van der Waals surface area contributed by atoms with E-state index < -0.39 is 10.0 Å². The maximum Gasteiger partial charge on any atom is 0.254 e. The van der Waals surface area contributed by atoms with Gasteiger partial charge in [-0.15, -0.1) is 0 Å². The number of rotatable bonds is 5. The molecule has 150 valence electrons. The molecule has 2 atom stereocenters. The molecule has 1 aliphatic heterocycles. The summed E-state index contributed by atoms with van der Waals surface area (Å²) in [5.41, 5.74) is 1.11. The monoisotopic (exact) mass is 422 g/mol. The number of carbonyl (C=O) groups excluding carboxylic acids is 1. The Balaban J connectivity index is 1.83. The van der Waals surface area contributed by atoms with Gasteiger partial charge in [0.1, 0.15) is 4.90 Å². The van der Waals surface area contributed by atoms with E-state index in [0.29, 0.717) is 13.2 Å². The molecule has 2 aromatic rings. The van der Waals surface area contributed by atoms with E-state index in [2.05, 4.69) is 4.72 Å². The Hall–Kier alpha value is -1.93. The minimum Gasteiger partial charge on any atom is -0.375 e. The van der Waals surface area contributed by atoms with Crippen molar-refractivity contribution in [2.45, 2.75) is 37.4 Å². The van der Waals surface area contributed by atoms with Crippen LogP contribution in [0.3, 0.4) is 0 Å². The zero-order chi connectivity index (χ0) is 20.3. The average Bonchev–Trinajstić information content (AvgIpc) is 2.69. The van der Waals surface area contributed by atoms with Crippen LogP contribution in [0.5, 0.6) is 0 Å². The van der Waals surface area contributed by atoms with Gasteiger partial charge in [-0.25, -0.2) is 13.1 Å². The number of nitrogens with zero attached hydrogens (tertiary/aromatic N) is 1. The van der Waals surface area contributed by atoms with Crippen LogP contribution in [0.25, 0.3) is 0 Å². The second kappa shape index (κ2) is 8.61. The fourth-order valence-corrected chi connectivity index (χ4v) is 4.59. The first-order valence-corrected chi connectivity index (χ1v) is 10.9. The molecule has 0 saturated carbocycles. The lowest BCUT2D eigenvalue weighted by atomic mass is 10.1. The van der Waals surface area contributed by atoms with Crippen LogP contribution in [0.2, 0.25) is 5.02 Å². The normalized spacial score (nSPS) is 20.2. The standard InChI is InChI=1S/C20H23ClN2O4S/c1-14-13-27-15(2)12-23(14)20(24)17-8-9-18(21)19(10-17)28(25,26)22-11-16-6-4-3-5-7-16/h3-10,14-15,22H,11-13H2,1-2H3. The molecule has 1 N–H and O–H groups in total. The Kier molecular flexibility index (Phi) is 6.40. The van der Waals surface area contributed by atoms with Gasteiger partial charge in [-0.2, -0.15) is 0 Å². The number of morpholine rings is 1. The molecule has 0 radical (unpaired) electrons. The molecular weight excluding hydrogens is 400 g/mol. The van der Waals surface area contributed by atoms with E-state index in [1.54, 1.807) is 11.0 Å². The lowest BCUT2D eigenvalue weighted by Crippen LogP contribution is -2.50. The third-order valence-corrected chi connectivity index (χ3v) is 6.53. The molecular formula is C20H23ClN2O4S. The Morgan fingerprint density at radius 1 is 1.21 bits per heavy atom. The molecule has 1 aliphatic rings. The van der Waals surface area contributed by atoms with Crippen molar-refractivity contribution in [2.75, 3.05) is 13.2 Å². The van der Waals surface area contributed by atoms with E-state index in [-0.39, 0.29) is 40.1 Å². The van der Waals surface area contributed by atoms with Gasteiger partial charge in [-0.3, -0.25) is 4.79 Å². The summed E-state index contributed by atoms with van der Waals surface area (Å²) < 4.78 is 33.6. The first-order valence-electron chi connectivity index (χ1n) is 9.03. The summed E-state index contributed by atoms with van der Waals surface area (Å²) in [7, 11) is -3.88. The van der Waals surface area contributed by atoms with Crippen molar-refractivity contribution in [3.63, 3.8) is 0 Å². The molecule has 28 heavy (non-hydrogen) atoms. The summed E-state index contributed by atoms with van der Waals surface area (Å²) in [6, 6.07) is 13.4. The van der Waals surface area contributed by atoms with Gasteiger partial charge < -0.3 is 9.64 Å². The summed E-state index contributed by atoms with van der Waals surface area (Å²) in [6.07, 6.45) is -0.0665. The second-order valence-corrected chi connectivity index (χ2v) is 9.05. The third-order valence-electron chi connectivity index (χ3n) is 4.65. The quantitative estimate of drug-likeness (QED) is 0.803. The van der Waals surface area contributed by atoms with Crippen molar-refractivity contribution >= 4 is 27.5 Å². The van der Waals surface area contributed by atoms with Crippen molar-refractivity contribution in [3.05, 3.63) is 64.7 Å². The zero-order valence-electron chi connectivity index (χ0n) is 15.8. The lowest BCUT2D eigenvalue weighted by molar-refractivity contribution is -0.0387. The highest BCUT2D eigenvalue weighted by Gasteiger charge is 2.29. The Labute approximate surface area is 170 Å². The molecule has 2 unspecified atom stereocenters. The molecule has 0 spiro atoms. The fourth-order valence-electron chi connectivity index (χ4n) is 3.05. The minimum absolute atomic E-state index is 0.0665. The summed E-state index contributed by atoms with van der Waals surface area (Å²) in [5, 5.41) is 0.0699. The van der Waals surface area contributed by atoms with Gasteiger partial charge in [0.15, 0.2) is 0 Å². The van der Waals surface area contributed by atoms with Crippen LogP contribution < -0.4 is 4.72 Å². The second-order valence-electron chi connectivity index (χ2n) is 6.91. The van der Waals surface area contributed by atoms with Crippen molar-refractivity contribution in [1.29, 1.82) is 0 Å². The minimum atomic E-state index is -3.88. The van der Waals surface area contributed by atoms with Crippen LogP contribution in [0, 0.1) is 0 Å². The van der Waals surface area contributed by atoms with Gasteiger partial charge in [-0.1, -0.05) is 41.9 Å². The van der Waals surface area contributed by atoms with Gasteiger partial charge in [-0.05, 0) is 37.6 Å². The number of halogens is 1. The van der Waals surface area contributed by atoms with Gasteiger partial charge in [0, 0.05) is 18.7 Å². The van der Waals surface area contributed by atoms with Crippen LogP contribution in [0.1, 0.15) is 29.8 Å². The maximum atomic E-state index is 12.9. The lowest BCUT2D eigenvalue weighted by Gasteiger charge is -2.36. The summed E-state index contributed by atoms with van der Waals surface area (Å²) in [6.45, 7) is 4.84. The van der Waals surface area contributed by atoms with Gasteiger partial charge in [0.25, 0.3) is 5.91 Å². The number of hydrogen-bond donors (Lipinski definition) is 1. The van der Waals surface area contributed by atoms with Crippen LogP contribution in [0.4, 0.5) is 0 Å². The highest BCUT2D eigenvalue weighted by atomic mass is 35.5. The summed E-state index contributed by atoms with van der Waals surface area (Å²) in [5.74, 6) is -0.237. The molecule has 1 amide bonds. The van der Waals surface area contributed by atoms with Crippen molar-refractivity contribution in [1.82, 2.24) is 9.62 Å². The number of benzene rings is 2. The third kappa shape index (κ3) is 4.72. The van der Waals surface area contributed by atoms with Crippen molar-refractivity contribution in [2.24, 2.45) is 0 Å². The molecule has 8 heteroatoms. The Morgan fingerprint density at radius 3 is 2.64 bits per heavy atom. The predicted octanol–water partition coefficient (Wildman–Crippen LogP) is 3.07. The number of nitrogens with one attached hydrogen (secondary N) is 1. The molecule has 1 saturated heterocycles. The molecule has 0 bridgehead atoms. The molecule has 2 aromatic carbocycles. The maximum absolute atomic E-state index is 12.9. The van der Waals surface area contributed by atoms with E-state index in [4.69, 9.17) is 16.3 Å². The summed E-state index contributed by atoms with van der Waals surface area (Å²) in [4.78, 5) is 14.5. The van der Waals surface area contributed by atoms with Gasteiger partial charge >= 0.3 is 0 Å². The highest BCUT2D eigenvalue weighted by molar-refractivity contribution is 7.89. The van der Waals surface area contributed by atoms with Crippen molar-refractivity contribution < 1.29 is 17.9 Å². The zero-order valence-corrected chi connectivity index (χ0v) is 17.3. The van der Waals surface area contributed by atoms with E-state index in [0.717, 1.165) is 5.56 Å². The topological polar surface area (TPSA) is 75.7 Å². The number of ether oxygens (including phenoxy) is 1. The molecule has 0 aromatic heterocycles. The number of hydrogen-bond acceptors (Lipinski definition) is 4. The number of carbonyl (C=O) groups is 1. The molecule has 3 rings (SSSR count). The van der Waals surface area contributed by atoms with Crippen molar-refractivity contribution in [3.8, 4) is 0 Å². The molecule has 1 fully saturated rings. The number of sulfonamides is 1. The smallest absolute Gasteiger partial charge is 0.254 e. The Bertz CT molecular complexity index is 950. The fraction of sp³-hybridized carbons (Fsp3) is 0.350. The average molecular weight is 423 g/mol. The van der Waals surface area contributed by atoms with E-state index in [1.807, 2.05) is 44.2 Å². The van der Waals surface area contributed by atoms with E-state index in [1.165, 1.54) is 12.1 Å². The van der Waals surface area contributed by atoms with E-state index in [9.17, 15) is 13.2 Å². The largest absolute Gasteiger partial charge is 0.375 e. The van der Waals surface area contributed by atoms with Crippen LogP contribution in [-0.2, 0) is 21.3 Å². The van der Waals surface area contributed by atoms with Crippen LogP contribution >= 0.6 is 11.6 Å². The molecule has 6 nitrogen and oxygen atoms in total. The van der Waals surface area contributed by atoms with Crippen LogP contribution in [-0.4, -0.2) is 44.5 Å². The SMILES string of the molecule is CC1CN(C(=O)c2ccc(Cl)c(S(=O)(=O)NCc3ccccc3)c2)C(C)CO1. The number of amides is 1. The first-order chi connectivity index (χ1) is 13.3. The van der Waals surface area contributed by atoms with Gasteiger partial charge in [0.05, 0.1) is 23.8 Å². The summed E-state index contributed by atoms with van der Waals surface area (Å²) >= 11 is 6.14. The Morgan fingerprint density at radius 2 is 1.93 bits per heavy atom.